The number of aliphatic hydroxyl groups is 1. The molecule has 1 aliphatic heterocycles. The molecule has 0 fully saturated rings. The van der Waals surface area contributed by atoms with E-state index in [0.29, 0.717) is 5.76 Å². The van der Waals surface area contributed by atoms with Gasteiger partial charge in [0.15, 0.2) is 0 Å². The summed E-state index contributed by atoms with van der Waals surface area (Å²) in [5.74, 6) is 0.483. The molecule has 1 aromatic carbocycles. The molecule has 4 rings (SSSR count). The number of rotatable bonds is 1. The highest BCUT2D eigenvalue weighted by Crippen LogP contribution is 2.49. The summed E-state index contributed by atoms with van der Waals surface area (Å²) in [6.07, 6.45) is 5.64. The molecule has 1 unspecified atom stereocenters. The Morgan fingerprint density at radius 2 is 2.00 bits per heavy atom. The lowest BCUT2D eigenvalue weighted by molar-refractivity contribution is 0.390. The van der Waals surface area contributed by atoms with Gasteiger partial charge < -0.3 is 15.4 Å². The van der Waals surface area contributed by atoms with Crippen LogP contribution >= 0.6 is 0 Å². The number of hydrogen-bond acceptors (Lipinski definition) is 2. The fourth-order valence-corrected chi connectivity index (χ4v) is 3.73. The first-order valence-corrected chi connectivity index (χ1v) is 7.53. The van der Waals surface area contributed by atoms with Gasteiger partial charge in [-0.3, -0.25) is 0 Å². The summed E-state index contributed by atoms with van der Waals surface area (Å²) in [5, 5.41) is 13.5. The normalized spacial score (nSPS) is 22.2. The van der Waals surface area contributed by atoms with Crippen molar-refractivity contribution in [2.75, 3.05) is 5.32 Å². The lowest BCUT2D eigenvalue weighted by Crippen LogP contribution is -2.25. The number of aromatic amines is 1. The number of aromatic nitrogens is 1. The van der Waals surface area contributed by atoms with Crippen LogP contribution in [0, 0.1) is 0 Å². The predicted octanol–water partition coefficient (Wildman–Crippen LogP) is 4.30. The molecule has 21 heavy (non-hydrogen) atoms. The van der Waals surface area contributed by atoms with Gasteiger partial charge in [0.1, 0.15) is 0 Å². The van der Waals surface area contributed by atoms with Gasteiger partial charge in [0.25, 0.3) is 0 Å². The Labute approximate surface area is 124 Å². The van der Waals surface area contributed by atoms with E-state index in [1.165, 1.54) is 22.5 Å². The average molecular weight is 280 g/mol. The molecule has 1 atom stereocenters. The van der Waals surface area contributed by atoms with E-state index < -0.39 is 0 Å². The standard InChI is InChI=1S/C18H20N2O/c1-18(2)14-5-3-4-6-16(14)20-17(18)13-10-19-15-8-7-11(21)9-12(13)15/h3-6,9-10,17,19-21H,7-8H2,1-2H3. The van der Waals surface area contributed by atoms with Gasteiger partial charge in [-0.15, -0.1) is 0 Å². The van der Waals surface area contributed by atoms with Crippen molar-refractivity contribution in [3.63, 3.8) is 0 Å². The Kier molecular flexibility index (Phi) is 2.49. The third kappa shape index (κ3) is 1.73. The zero-order valence-electron chi connectivity index (χ0n) is 12.4. The van der Waals surface area contributed by atoms with Crippen molar-refractivity contribution in [2.45, 2.75) is 38.1 Å². The summed E-state index contributed by atoms with van der Waals surface area (Å²) < 4.78 is 0. The summed E-state index contributed by atoms with van der Waals surface area (Å²) in [6.45, 7) is 4.56. The topological polar surface area (TPSA) is 48.0 Å². The van der Waals surface area contributed by atoms with Crippen LogP contribution < -0.4 is 5.32 Å². The van der Waals surface area contributed by atoms with Crippen molar-refractivity contribution < 1.29 is 5.11 Å². The molecule has 0 spiro atoms. The van der Waals surface area contributed by atoms with Crippen molar-refractivity contribution in [3.8, 4) is 0 Å². The number of fused-ring (bicyclic) bond motifs is 2. The number of para-hydroxylation sites is 1. The van der Waals surface area contributed by atoms with Gasteiger partial charge in [-0.25, -0.2) is 0 Å². The second kappa shape index (κ2) is 4.17. The molecule has 3 N–H and O–H groups in total. The highest BCUT2D eigenvalue weighted by atomic mass is 16.3. The molecular weight excluding hydrogens is 260 g/mol. The number of hydrogen-bond donors (Lipinski definition) is 3. The molecule has 3 nitrogen and oxygen atoms in total. The van der Waals surface area contributed by atoms with E-state index in [1.54, 1.807) is 0 Å². The van der Waals surface area contributed by atoms with E-state index in [-0.39, 0.29) is 11.5 Å². The van der Waals surface area contributed by atoms with Crippen molar-refractivity contribution in [2.24, 2.45) is 0 Å². The van der Waals surface area contributed by atoms with Crippen LogP contribution in [-0.2, 0) is 11.8 Å². The van der Waals surface area contributed by atoms with Crippen molar-refractivity contribution in [1.82, 2.24) is 4.98 Å². The minimum absolute atomic E-state index is 0.0213. The zero-order chi connectivity index (χ0) is 14.6. The van der Waals surface area contributed by atoms with E-state index >= 15 is 0 Å². The fourth-order valence-electron chi connectivity index (χ4n) is 3.73. The lowest BCUT2D eigenvalue weighted by atomic mass is 9.77. The van der Waals surface area contributed by atoms with E-state index in [9.17, 15) is 5.11 Å². The van der Waals surface area contributed by atoms with Crippen LogP contribution in [0.3, 0.4) is 0 Å². The Bertz CT molecular complexity index is 739. The molecule has 0 saturated carbocycles. The number of allylic oxidation sites excluding steroid dienone is 1. The fraction of sp³-hybridized carbons (Fsp3) is 0.333. The largest absolute Gasteiger partial charge is 0.512 e. The molecule has 1 aliphatic carbocycles. The van der Waals surface area contributed by atoms with Crippen LogP contribution in [0.15, 0.2) is 36.2 Å². The first-order valence-electron chi connectivity index (χ1n) is 7.53. The third-order valence-corrected chi connectivity index (χ3v) is 4.93. The van der Waals surface area contributed by atoms with Gasteiger partial charge in [-0.05, 0) is 24.1 Å². The second-order valence-corrected chi connectivity index (χ2v) is 6.62. The minimum atomic E-state index is 0.0213. The smallest absolute Gasteiger partial charge is 0.0933 e. The molecule has 108 valence electrons. The van der Waals surface area contributed by atoms with E-state index in [0.717, 1.165) is 18.4 Å². The minimum Gasteiger partial charge on any atom is -0.512 e. The summed E-state index contributed by atoms with van der Waals surface area (Å²) in [6, 6.07) is 8.74. The van der Waals surface area contributed by atoms with Crippen LogP contribution in [0.4, 0.5) is 5.69 Å². The quantitative estimate of drug-likeness (QED) is 0.729. The molecule has 0 saturated heterocycles. The van der Waals surface area contributed by atoms with Crippen LogP contribution in [0.1, 0.15) is 48.7 Å². The van der Waals surface area contributed by atoms with Gasteiger partial charge >= 0.3 is 0 Å². The average Bonchev–Trinajstić information content (AvgIpc) is 2.98. The SMILES string of the molecule is CC1(C)c2ccccc2NC1c1c[nH]c2c1C=C(O)CC2. The van der Waals surface area contributed by atoms with E-state index in [2.05, 4.69) is 54.6 Å². The maximum absolute atomic E-state index is 9.87. The summed E-state index contributed by atoms with van der Waals surface area (Å²) in [5.41, 5.74) is 6.24. The highest BCUT2D eigenvalue weighted by molar-refractivity contribution is 5.68. The van der Waals surface area contributed by atoms with Crippen molar-refractivity contribution in [3.05, 3.63) is 58.6 Å². The van der Waals surface area contributed by atoms with Crippen LogP contribution in [0.25, 0.3) is 6.08 Å². The molecule has 1 aromatic heterocycles. The van der Waals surface area contributed by atoms with Crippen LogP contribution in [0.2, 0.25) is 0 Å². The number of H-pyrrole nitrogens is 1. The van der Waals surface area contributed by atoms with Crippen molar-refractivity contribution >= 4 is 11.8 Å². The van der Waals surface area contributed by atoms with Gasteiger partial charge in [-0.2, -0.15) is 0 Å². The van der Waals surface area contributed by atoms with Gasteiger partial charge in [0, 0.05) is 40.5 Å². The molecule has 0 radical (unpaired) electrons. The number of aliphatic hydroxyl groups excluding tert-OH is 1. The first kappa shape index (κ1) is 12.6. The molecule has 2 heterocycles. The summed E-state index contributed by atoms with van der Waals surface area (Å²) in [4.78, 5) is 3.39. The Hall–Kier alpha value is -2.16. The number of aryl methyl sites for hydroxylation is 1. The van der Waals surface area contributed by atoms with Gasteiger partial charge in [0.05, 0.1) is 11.8 Å². The summed E-state index contributed by atoms with van der Waals surface area (Å²) in [7, 11) is 0. The maximum atomic E-state index is 9.87. The van der Waals surface area contributed by atoms with Crippen LogP contribution in [-0.4, -0.2) is 10.1 Å². The third-order valence-electron chi connectivity index (χ3n) is 4.93. The summed E-state index contributed by atoms with van der Waals surface area (Å²) >= 11 is 0. The molecule has 3 heteroatoms. The Morgan fingerprint density at radius 3 is 2.81 bits per heavy atom. The molecule has 2 aromatic rings. The van der Waals surface area contributed by atoms with E-state index in [4.69, 9.17) is 0 Å². The predicted molar refractivity (Wildman–Crippen MR) is 85.6 cm³/mol. The first-order chi connectivity index (χ1) is 10.1. The molecule has 0 bridgehead atoms. The number of nitrogens with one attached hydrogen (secondary N) is 2. The van der Waals surface area contributed by atoms with Crippen LogP contribution in [0.5, 0.6) is 0 Å². The number of anilines is 1. The Morgan fingerprint density at radius 1 is 1.19 bits per heavy atom. The second-order valence-electron chi connectivity index (χ2n) is 6.62. The lowest BCUT2D eigenvalue weighted by Gasteiger charge is -2.28. The molecule has 0 amide bonds. The molecule has 2 aliphatic rings. The molecular formula is C18H20N2O. The maximum Gasteiger partial charge on any atom is 0.0933 e. The van der Waals surface area contributed by atoms with Gasteiger partial charge in [-0.1, -0.05) is 32.0 Å². The van der Waals surface area contributed by atoms with Gasteiger partial charge in [0.2, 0.25) is 0 Å². The highest BCUT2D eigenvalue weighted by Gasteiger charge is 2.41. The zero-order valence-corrected chi connectivity index (χ0v) is 12.4. The van der Waals surface area contributed by atoms with Crippen molar-refractivity contribution in [1.29, 1.82) is 0 Å². The monoisotopic (exact) mass is 280 g/mol. The van der Waals surface area contributed by atoms with E-state index in [1.807, 2.05) is 6.08 Å². The Balaban J connectivity index is 1.82. The number of benzene rings is 1.